The molecule has 1 aromatic carbocycles. The monoisotopic (exact) mass is 365 g/mol. The van der Waals surface area contributed by atoms with E-state index < -0.39 is 16.1 Å². The second-order valence-corrected chi connectivity index (χ2v) is 7.67. The first-order chi connectivity index (χ1) is 11.7. The SMILES string of the molecule is CNC(C(=O)Nc1ccc(S(=O)(=O)NC(C)C)cc1)c1cnn(C)c1. The highest BCUT2D eigenvalue weighted by Gasteiger charge is 2.21. The molecule has 0 aliphatic rings. The highest BCUT2D eigenvalue weighted by atomic mass is 32.2. The van der Waals surface area contributed by atoms with Gasteiger partial charge in [0.05, 0.1) is 11.1 Å². The number of nitrogens with zero attached hydrogens (tertiary/aromatic N) is 2. The van der Waals surface area contributed by atoms with Crippen LogP contribution in [0.5, 0.6) is 0 Å². The van der Waals surface area contributed by atoms with Crippen LogP contribution in [0, 0.1) is 0 Å². The zero-order valence-corrected chi connectivity index (χ0v) is 15.5. The Labute approximate surface area is 147 Å². The molecule has 0 saturated heterocycles. The number of benzene rings is 1. The second-order valence-electron chi connectivity index (χ2n) is 5.96. The van der Waals surface area contributed by atoms with Crippen LogP contribution in [0.25, 0.3) is 0 Å². The summed E-state index contributed by atoms with van der Waals surface area (Å²) in [6.45, 7) is 3.50. The van der Waals surface area contributed by atoms with Crippen molar-refractivity contribution in [2.24, 2.45) is 7.05 Å². The number of aryl methyl sites for hydroxylation is 1. The molecule has 25 heavy (non-hydrogen) atoms. The van der Waals surface area contributed by atoms with Gasteiger partial charge in [0.1, 0.15) is 6.04 Å². The number of nitrogens with one attached hydrogen (secondary N) is 3. The summed E-state index contributed by atoms with van der Waals surface area (Å²) >= 11 is 0. The summed E-state index contributed by atoms with van der Waals surface area (Å²) in [7, 11) is -0.0908. The maximum Gasteiger partial charge on any atom is 0.246 e. The van der Waals surface area contributed by atoms with Crippen LogP contribution in [0.15, 0.2) is 41.6 Å². The van der Waals surface area contributed by atoms with Crippen LogP contribution in [-0.2, 0) is 21.9 Å². The molecule has 0 spiro atoms. The number of likely N-dealkylation sites (N-methyl/N-ethyl adjacent to an activating group) is 1. The fraction of sp³-hybridized carbons (Fsp3) is 0.375. The average molecular weight is 365 g/mol. The van der Waals surface area contributed by atoms with Crippen molar-refractivity contribution < 1.29 is 13.2 Å². The summed E-state index contributed by atoms with van der Waals surface area (Å²) in [5.41, 5.74) is 1.25. The van der Waals surface area contributed by atoms with Gasteiger partial charge < -0.3 is 10.6 Å². The summed E-state index contributed by atoms with van der Waals surface area (Å²) in [5, 5.41) is 9.76. The molecule has 3 N–H and O–H groups in total. The number of rotatable bonds is 7. The van der Waals surface area contributed by atoms with Gasteiger partial charge in [-0.1, -0.05) is 0 Å². The predicted molar refractivity (Wildman–Crippen MR) is 95.5 cm³/mol. The molecule has 0 bridgehead atoms. The second kappa shape index (κ2) is 7.77. The Morgan fingerprint density at radius 2 is 1.84 bits per heavy atom. The van der Waals surface area contributed by atoms with Crippen LogP contribution in [0.1, 0.15) is 25.5 Å². The predicted octanol–water partition coefficient (Wildman–Crippen LogP) is 1.01. The molecule has 1 amide bonds. The van der Waals surface area contributed by atoms with Crippen molar-refractivity contribution in [3.63, 3.8) is 0 Å². The number of hydrogen-bond donors (Lipinski definition) is 3. The average Bonchev–Trinajstić information content (AvgIpc) is 2.93. The molecule has 0 aliphatic heterocycles. The van der Waals surface area contributed by atoms with E-state index in [4.69, 9.17) is 0 Å². The molecule has 0 saturated carbocycles. The summed E-state index contributed by atoms with van der Waals surface area (Å²) in [6.07, 6.45) is 3.38. The molecular formula is C16H23N5O3S. The smallest absolute Gasteiger partial charge is 0.246 e. The minimum atomic E-state index is -3.55. The van der Waals surface area contributed by atoms with Gasteiger partial charge in [-0.25, -0.2) is 13.1 Å². The van der Waals surface area contributed by atoms with Crippen LogP contribution in [-0.4, -0.2) is 37.2 Å². The van der Waals surface area contributed by atoms with Crippen molar-refractivity contribution in [3.8, 4) is 0 Å². The standard InChI is InChI=1S/C16H23N5O3S/c1-11(2)20-25(23,24)14-7-5-13(6-8-14)19-16(22)15(17-3)12-9-18-21(4)10-12/h5-11,15,17,20H,1-4H3,(H,19,22). The van der Waals surface area contributed by atoms with E-state index in [0.29, 0.717) is 5.69 Å². The van der Waals surface area contributed by atoms with Gasteiger partial charge in [0, 0.05) is 30.5 Å². The molecule has 1 heterocycles. The Morgan fingerprint density at radius 1 is 1.20 bits per heavy atom. The molecular weight excluding hydrogens is 342 g/mol. The van der Waals surface area contributed by atoms with Crippen molar-refractivity contribution in [1.29, 1.82) is 0 Å². The van der Waals surface area contributed by atoms with Gasteiger partial charge in [-0.2, -0.15) is 5.10 Å². The van der Waals surface area contributed by atoms with Gasteiger partial charge in [-0.15, -0.1) is 0 Å². The summed E-state index contributed by atoms with van der Waals surface area (Å²) < 4.78 is 28.3. The molecule has 2 rings (SSSR count). The van der Waals surface area contributed by atoms with Crippen molar-refractivity contribution >= 4 is 21.6 Å². The molecule has 0 aliphatic carbocycles. The Kier molecular flexibility index (Phi) is 5.93. The lowest BCUT2D eigenvalue weighted by Gasteiger charge is -2.15. The summed E-state index contributed by atoms with van der Waals surface area (Å²) in [4.78, 5) is 12.6. The van der Waals surface area contributed by atoms with Gasteiger partial charge in [0.25, 0.3) is 0 Å². The van der Waals surface area contributed by atoms with E-state index in [0.717, 1.165) is 5.56 Å². The minimum Gasteiger partial charge on any atom is -0.324 e. The van der Waals surface area contributed by atoms with Crippen LogP contribution < -0.4 is 15.4 Å². The van der Waals surface area contributed by atoms with E-state index in [1.54, 1.807) is 57.2 Å². The maximum atomic E-state index is 12.4. The normalized spacial score (nSPS) is 13.0. The van der Waals surface area contributed by atoms with Crippen LogP contribution in [0.4, 0.5) is 5.69 Å². The third-order valence-corrected chi connectivity index (χ3v) is 5.11. The number of anilines is 1. The Morgan fingerprint density at radius 3 is 2.32 bits per heavy atom. The molecule has 0 fully saturated rings. The van der Waals surface area contributed by atoms with Crippen molar-refractivity contribution in [3.05, 3.63) is 42.2 Å². The van der Waals surface area contributed by atoms with Gasteiger partial charge in [-0.05, 0) is 45.2 Å². The first kappa shape index (κ1) is 19.1. The topological polar surface area (TPSA) is 105 Å². The molecule has 1 aromatic heterocycles. The number of amides is 1. The minimum absolute atomic E-state index is 0.150. The number of sulfonamides is 1. The van der Waals surface area contributed by atoms with Gasteiger partial charge in [0.2, 0.25) is 15.9 Å². The van der Waals surface area contributed by atoms with E-state index in [2.05, 4.69) is 20.5 Å². The quantitative estimate of drug-likeness (QED) is 0.679. The largest absolute Gasteiger partial charge is 0.324 e. The number of carbonyl (C=O) groups is 1. The number of carbonyl (C=O) groups excluding carboxylic acids is 1. The summed E-state index contributed by atoms with van der Waals surface area (Å²) in [6, 6.07) is 5.28. The van der Waals surface area contributed by atoms with E-state index in [9.17, 15) is 13.2 Å². The molecule has 8 nitrogen and oxygen atoms in total. The van der Waals surface area contributed by atoms with E-state index in [-0.39, 0.29) is 16.8 Å². The zero-order valence-electron chi connectivity index (χ0n) is 14.6. The van der Waals surface area contributed by atoms with Crippen LogP contribution >= 0.6 is 0 Å². The highest BCUT2D eigenvalue weighted by molar-refractivity contribution is 7.89. The highest BCUT2D eigenvalue weighted by Crippen LogP contribution is 2.17. The Balaban J connectivity index is 2.11. The van der Waals surface area contributed by atoms with Crippen LogP contribution in [0.3, 0.4) is 0 Å². The first-order valence-corrected chi connectivity index (χ1v) is 9.30. The number of aromatic nitrogens is 2. The lowest BCUT2D eigenvalue weighted by Crippen LogP contribution is -2.31. The Hall–Kier alpha value is -2.23. The first-order valence-electron chi connectivity index (χ1n) is 7.82. The molecule has 1 atom stereocenters. The van der Waals surface area contributed by atoms with E-state index >= 15 is 0 Å². The molecule has 9 heteroatoms. The lowest BCUT2D eigenvalue weighted by atomic mass is 10.1. The maximum absolute atomic E-state index is 12.4. The third kappa shape index (κ3) is 4.88. The van der Waals surface area contributed by atoms with Gasteiger partial charge in [-0.3, -0.25) is 9.48 Å². The van der Waals surface area contributed by atoms with Crippen LogP contribution in [0.2, 0.25) is 0 Å². The summed E-state index contributed by atoms with van der Waals surface area (Å²) in [5.74, 6) is -0.258. The fourth-order valence-electron chi connectivity index (χ4n) is 2.35. The van der Waals surface area contributed by atoms with Crippen molar-refractivity contribution in [1.82, 2.24) is 19.8 Å². The number of hydrogen-bond acceptors (Lipinski definition) is 5. The lowest BCUT2D eigenvalue weighted by molar-refractivity contribution is -0.118. The van der Waals surface area contributed by atoms with E-state index in [1.807, 2.05) is 0 Å². The van der Waals surface area contributed by atoms with Crippen molar-refractivity contribution in [2.75, 3.05) is 12.4 Å². The molecule has 0 radical (unpaired) electrons. The molecule has 136 valence electrons. The van der Waals surface area contributed by atoms with Gasteiger partial charge >= 0.3 is 0 Å². The Bertz CT molecular complexity index is 828. The third-order valence-electron chi connectivity index (χ3n) is 3.43. The fourth-order valence-corrected chi connectivity index (χ4v) is 3.60. The zero-order chi connectivity index (χ0) is 18.6. The molecule has 1 unspecified atom stereocenters. The molecule has 2 aromatic rings. The van der Waals surface area contributed by atoms with E-state index in [1.165, 1.54) is 12.1 Å². The van der Waals surface area contributed by atoms with Gasteiger partial charge in [0.15, 0.2) is 0 Å². The van der Waals surface area contributed by atoms with Crippen molar-refractivity contribution in [2.45, 2.75) is 30.8 Å².